The van der Waals surface area contributed by atoms with E-state index in [9.17, 15) is 4.79 Å². The molecule has 2 atom stereocenters. The number of nitrogens with zero attached hydrogens (tertiary/aromatic N) is 2. The Morgan fingerprint density at radius 2 is 2.32 bits per heavy atom. The Morgan fingerprint density at radius 1 is 1.41 bits per heavy atom. The maximum absolute atomic E-state index is 12.4. The molecular weight excluding hydrogens is 278 g/mol. The second kappa shape index (κ2) is 7.09. The van der Waals surface area contributed by atoms with Crippen LogP contribution < -0.4 is 5.32 Å². The molecule has 1 N–H and O–H groups in total. The molecular formula is C17H25N3O2. The van der Waals surface area contributed by atoms with Gasteiger partial charge in [-0.25, -0.2) is 4.98 Å². The number of hydrogen-bond acceptors (Lipinski definition) is 3. The third-order valence-corrected chi connectivity index (χ3v) is 4.64. The summed E-state index contributed by atoms with van der Waals surface area (Å²) in [5.74, 6) is 0.123. The first kappa shape index (κ1) is 15.3. The van der Waals surface area contributed by atoms with E-state index in [1.807, 2.05) is 17.8 Å². The van der Waals surface area contributed by atoms with E-state index in [4.69, 9.17) is 4.74 Å². The third-order valence-electron chi connectivity index (χ3n) is 4.64. The monoisotopic (exact) mass is 303 g/mol. The Bertz CT molecular complexity index is 550. The molecule has 1 aromatic rings. The Kier molecular flexibility index (Phi) is 4.93. The van der Waals surface area contributed by atoms with Gasteiger partial charge in [-0.3, -0.25) is 4.79 Å². The molecule has 2 aliphatic rings. The molecule has 1 saturated heterocycles. The predicted octanol–water partition coefficient (Wildman–Crippen LogP) is 2.65. The van der Waals surface area contributed by atoms with Crippen molar-refractivity contribution in [3.63, 3.8) is 0 Å². The van der Waals surface area contributed by atoms with E-state index in [1.54, 1.807) is 6.33 Å². The van der Waals surface area contributed by atoms with Gasteiger partial charge < -0.3 is 14.6 Å². The van der Waals surface area contributed by atoms with E-state index in [-0.39, 0.29) is 18.1 Å². The molecule has 22 heavy (non-hydrogen) atoms. The Balaban J connectivity index is 1.59. The maximum Gasteiger partial charge on any atom is 0.247 e. The Hall–Kier alpha value is -1.62. The summed E-state index contributed by atoms with van der Waals surface area (Å²) in [6.07, 6.45) is 13.0. The predicted molar refractivity (Wildman–Crippen MR) is 84.2 cm³/mol. The zero-order valence-corrected chi connectivity index (χ0v) is 13.3. The molecule has 0 radical (unpaired) electrons. The van der Waals surface area contributed by atoms with Gasteiger partial charge >= 0.3 is 0 Å². The highest BCUT2D eigenvalue weighted by molar-refractivity contribution is 5.93. The lowest BCUT2D eigenvalue weighted by Gasteiger charge is -2.30. The van der Waals surface area contributed by atoms with Crippen molar-refractivity contribution in [3.8, 4) is 0 Å². The summed E-state index contributed by atoms with van der Waals surface area (Å²) < 4.78 is 7.84. The minimum atomic E-state index is 0.0228. The number of hydrogen-bond donors (Lipinski definition) is 1. The van der Waals surface area contributed by atoms with Crippen LogP contribution in [0.5, 0.6) is 0 Å². The molecule has 0 aromatic carbocycles. The van der Waals surface area contributed by atoms with Crippen molar-refractivity contribution in [2.24, 2.45) is 7.05 Å². The second-order valence-electron chi connectivity index (χ2n) is 6.31. The van der Waals surface area contributed by atoms with Crippen LogP contribution in [0.1, 0.15) is 56.7 Å². The van der Waals surface area contributed by atoms with Gasteiger partial charge in [-0.15, -0.1) is 0 Å². The zero-order valence-electron chi connectivity index (χ0n) is 13.3. The van der Waals surface area contributed by atoms with Crippen molar-refractivity contribution in [3.05, 3.63) is 29.9 Å². The molecule has 3 rings (SSSR count). The number of aromatic nitrogens is 2. The quantitative estimate of drug-likeness (QED) is 0.934. The van der Waals surface area contributed by atoms with Gasteiger partial charge in [-0.05, 0) is 38.5 Å². The normalized spacial score (nSPS) is 26.1. The van der Waals surface area contributed by atoms with Crippen LogP contribution in [0.3, 0.4) is 0 Å². The van der Waals surface area contributed by atoms with Gasteiger partial charge in [0.05, 0.1) is 18.2 Å². The first-order valence-corrected chi connectivity index (χ1v) is 8.32. The van der Waals surface area contributed by atoms with Gasteiger partial charge in [-0.2, -0.15) is 0 Å². The number of rotatable bonds is 3. The average molecular weight is 303 g/mol. The van der Waals surface area contributed by atoms with E-state index in [0.717, 1.165) is 43.4 Å². The fourth-order valence-corrected chi connectivity index (χ4v) is 3.31. The van der Waals surface area contributed by atoms with Crippen LogP contribution >= 0.6 is 0 Å². The molecule has 120 valence electrons. The van der Waals surface area contributed by atoms with Gasteiger partial charge in [0.15, 0.2) is 0 Å². The topological polar surface area (TPSA) is 56.2 Å². The van der Waals surface area contributed by atoms with Gasteiger partial charge in [0.2, 0.25) is 5.91 Å². The minimum absolute atomic E-state index is 0.0228. The summed E-state index contributed by atoms with van der Waals surface area (Å²) in [5.41, 5.74) is 2.05. The van der Waals surface area contributed by atoms with Crippen LogP contribution in [-0.4, -0.2) is 28.1 Å². The van der Waals surface area contributed by atoms with E-state index in [1.165, 1.54) is 12.8 Å². The number of allylic oxidation sites excluding steroid dienone is 1. The van der Waals surface area contributed by atoms with Crippen LogP contribution in [0, 0.1) is 0 Å². The summed E-state index contributed by atoms with van der Waals surface area (Å²) in [5, 5.41) is 3.21. The molecule has 2 heterocycles. The minimum Gasteiger partial charge on any atom is -0.372 e. The van der Waals surface area contributed by atoms with Crippen molar-refractivity contribution in [2.75, 3.05) is 6.61 Å². The lowest BCUT2D eigenvalue weighted by Crippen LogP contribution is -2.40. The number of carbonyl (C=O) groups excluding carboxylic acids is 1. The van der Waals surface area contributed by atoms with Crippen molar-refractivity contribution in [2.45, 2.75) is 57.1 Å². The van der Waals surface area contributed by atoms with Gasteiger partial charge in [0, 0.05) is 25.3 Å². The summed E-state index contributed by atoms with van der Waals surface area (Å²) in [6, 6.07) is 0.185. The van der Waals surface area contributed by atoms with Crippen LogP contribution in [0.4, 0.5) is 0 Å². The summed E-state index contributed by atoms with van der Waals surface area (Å²) in [4.78, 5) is 16.6. The van der Waals surface area contributed by atoms with Gasteiger partial charge in [-0.1, -0.05) is 12.5 Å². The fraction of sp³-hybridized carbons (Fsp3) is 0.647. The average Bonchev–Trinajstić information content (AvgIpc) is 2.78. The third kappa shape index (κ3) is 3.58. The number of ether oxygens (including phenoxy) is 1. The molecule has 1 aromatic heterocycles. The van der Waals surface area contributed by atoms with Crippen molar-refractivity contribution >= 4 is 5.91 Å². The molecule has 1 aliphatic carbocycles. The van der Waals surface area contributed by atoms with Crippen molar-refractivity contribution in [1.82, 2.24) is 14.9 Å². The molecule has 0 unspecified atom stereocenters. The molecule has 0 spiro atoms. The highest BCUT2D eigenvalue weighted by Gasteiger charge is 2.27. The Labute approximate surface area is 131 Å². The lowest BCUT2D eigenvalue weighted by atomic mass is 10.00. The van der Waals surface area contributed by atoms with Crippen molar-refractivity contribution in [1.29, 1.82) is 0 Å². The maximum atomic E-state index is 12.4. The van der Waals surface area contributed by atoms with Crippen LogP contribution in [0.2, 0.25) is 0 Å². The summed E-state index contributed by atoms with van der Waals surface area (Å²) in [7, 11) is 1.98. The number of imidazole rings is 1. The summed E-state index contributed by atoms with van der Waals surface area (Å²) in [6.45, 7) is 0.680. The first-order chi connectivity index (χ1) is 10.7. The fourth-order valence-electron chi connectivity index (χ4n) is 3.31. The van der Waals surface area contributed by atoms with Gasteiger partial charge in [0.25, 0.3) is 0 Å². The first-order valence-electron chi connectivity index (χ1n) is 8.32. The lowest BCUT2D eigenvalue weighted by molar-refractivity contribution is -0.119. The summed E-state index contributed by atoms with van der Waals surface area (Å²) >= 11 is 0. The second-order valence-corrected chi connectivity index (χ2v) is 6.31. The molecule has 5 heteroatoms. The molecule has 0 bridgehead atoms. The van der Waals surface area contributed by atoms with E-state index < -0.39 is 0 Å². The van der Waals surface area contributed by atoms with E-state index in [0.29, 0.717) is 6.61 Å². The smallest absolute Gasteiger partial charge is 0.247 e. The van der Waals surface area contributed by atoms with Crippen LogP contribution in [-0.2, 0) is 16.6 Å². The molecule has 1 amide bonds. The van der Waals surface area contributed by atoms with Crippen LogP contribution in [0.25, 0.3) is 0 Å². The van der Waals surface area contributed by atoms with E-state index >= 15 is 0 Å². The molecule has 5 nitrogen and oxygen atoms in total. The zero-order chi connectivity index (χ0) is 15.4. The molecule has 1 aliphatic heterocycles. The molecule has 0 saturated carbocycles. The van der Waals surface area contributed by atoms with Crippen LogP contribution in [0.15, 0.2) is 24.2 Å². The SMILES string of the molecule is Cn1cncc1[C@@H]1C[C@H](NC(=O)C2=CCCCCC2)CCO1. The largest absolute Gasteiger partial charge is 0.372 e. The Morgan fingerprint density at radius 3 is 3.14 bits per heavy atom. The highest BCUT2D eigenvalue weighted by atomic mass is 16.5. The van der Waals surface area contributed by atoms with Gasteiger partial charge in [0.1, 0.15) is 6.10 Å². The standard InChI is InChI=1S/C17H25N3O2/c1-20-12-18-11-15(20)16-10-14(8-9-22-16)19-17(21)13-6-4-2-3-5-7-13/h6,11-12,14,16H,2-5,7-10H2,1H3,(H,19,21)/t14-,16+/m1/s1. The number of aryl methyl sites for hydroxylation is 1. The highest BCUT2D eigenvalue weighted by Crippen LogP contribution is 2.28. The molecule has 1 fully saturated rings. The van der Waals surface area contributed by atoms with Crippen molar-refractivity contribution < 1.29 is 9.53 Å². The number of nitrogens with one attached hydrogen (secondary N) is 1. The van der Waals surface area contributed by atoms with E-state index in [2.05, 4.69) is 16.4 Å². The number of carbonyl (C=O) groups is 1. The number of amides is 1.